The van der Waals surface area contributed by atoms with E-state index in [0.29, 0.717) is 42.1 Å². The van der Waals surface area contributed by atoms with Crippen molar-refractivity contribution in [3.8, 4) is 71.7 Å². The van der Waals surface area contributed by atoms with Crippen molar-refractivity contribution in [3.05, 3.63) is 87.5 Å². The van der Waals surface area contributed by atoms with E-state index in [1.165, 1.54) is 7.11 Å². The van der Waals surface area contributed by atoms with Crippen LogP contribution in [0.1, 0.15) is 101 Å². The third kappa shape index (κ3) is 15.1. The van der Waals surface area contributed by atoms with Gasteiger partial charge >= 0.3 is 17.9 Å². The van der Waals surface area contributed by atoms with Crippen molar-refractivity contribution in [3.63, 3.8) is 0 Å². The van der Waals surface area contributed by atoms with Gasteiger partial charge in [0.2, 0.25) is 0 Å². The van der Waals surface area contributed by atoms with Crippen LogP contribution < -0.4 is 10.9 Å². The van der Waals surface area contributed by atoms with E-state index in [0.717, 1.165) is 41.0 Å². The highest BCUT2D eigenvalue weighted by Crippen LogP contribution is 2.35. The lowest BCUT2D eigenvalue weighted by Gasteiger charge is -2.26. The second kappa shape index (κ2) is 27.0. The maximum absolute atomic E-state index is 13.7. The Morgan fingerprint density at radius 3 is 1.96 bits per heavy atom. The second-order valence-electron chi connectivity index (χ2n) is 15.7. The van der Waals surface area contributed by atoms with Gasteiger partial charge in [0.15, 0.2) is 8.77 Å². The maximum Gasteiger partial charge on any atom is 0.322 e. The standard InChI is InChI=1S/C54H53NO10S2/c1-7-10-11-12-13-14-15-16-18-21-35-64-54(59)47(38-46(52(57)62-6)36-41(8-2)44-31-29-43(30-32-44)40(5)67(61,66)65-60)37-42(9-3)53(58)63-34-22-19-17-20-33-55-39(4)48-27-23-25-45-26-24-28-49(50(45)48)51(55)56/h1,23-32,40-42,46-47,60H,4,8-9,17,19-20,22,33-34,36-38H2,2-3,5-6H3. The van der Waals surface area contributed by atoms with Crippen LogP contribution in [0.15, 0.2) is 65.5 Å². The van der Waals surface area contributed by atoms with Crippen molar-refractivity contribution in [1.29, 1.82) is 0 Å². The van der Waals surface area contributed by atoms with E-state index in [4.69, 9.17) is 37.1 Å². The van der Waals surface area contributed by atoms with Gasteiger partial charge in [-0.25, -0.2) is 9.47 Å². The van der Waals surface area contributed by atoms with Gasteiger partial charge in [0, 0.05) is 68.8 Å². The van der Waals surface area contributed by atoms with Gasteiger partial charge in [-0.3, -0.25) is 19.2 Å². The zero-order valence-electron chi connectivity index (χ0n) is 38.1. The predicted octanol–water partition coefficient (Wildman–Crippen LogP) is 7.55. The molecule has 0 bridgehead atoms. The number of nitrogens with zero attached hydrogens (tertiary/aromatic N) is 1. The second-order valence-corrected chi connectivity index (χ2v) is 18.9. The van der Waals surface area contributed by atoms with Crippen LogP contribution in [0, 0.1) is 89.5 Å². The minimum absolute atomic E-state index is 0.0144. The average molecular weight is 940 g/mol. The van der Waals surface area contributed by atoms with Gasteiger partial charge in [0.05, 0.1) is 36.7 Å². The molecule has 0 aliphatic rings. The summed E-state index contributed by atoms with van der Waals surface area (Å²) >= 11 is 4.91. The van der Waals surface area contributed by atoms with Crippen molar-refractivity contribution >= 4 is 66.0 Å². The van der Waals surface area contributed by atoms with Crippen LogP contribution in [-0.2, 0) is 59.4 Å². The number of hydrogen-bond donors (Lipinski definition) is 1. The summed E-state index contributed by atoms with van der Waals surface area (Å²) in [4.78, 5) is 54.1. The molecule has 1 N–H and O–H groups in total. The number of methoxy groups -OCH3 is 1. The predicted molar refractivity (Wildman–Crippen MR) is 263 cm³/mol. The molecule has 0 aliphatic carbocycles. The third-order valence-corrected chi connectivity index (χ3v) is 14.0. The Labute approximate surface area is 398 Å². The van der Waals surface area contributed by atoms with Crippen LogP contribution in [0.4, 0.5) is 0 Å². The summed E-state index contributed by atoms with van der Waals surface area (Å²) in [6, 6.07) is 18.8. The van der Waals surface area contributed by atoms with Crippen molar-refractivity contribution < 1.29 is 42.4 Å². The monoisotopic (exact) mass is 939 g/mol. The number of esters is 3. The molecule has 3 aromatic carbocycles. The van der Waals surface area contributed by atoms with Gasteiger partial charge < -0.3 is 18.8 Å². The number of aromatic nitrogens is 1. The van der Waals surface area contributed by atoms with E-state index in [2.05, 4.69) is 76.2 Å². The molecule has 0 aliphatic heterocycles. The molecule has 0 radical (unpaired) electrons. The molecule has 6 unspecified atom stereocenters. The lowest BCUT2D eigenvalue weighted by atomic mass is 9.80. The summed E-state index contributed by atoms with van der Waals surface area (Å²) in [6.45, 7) is 10.3. The zero-order chi connectivity index (χ0) is 48.8. The molecule has 0 saturated carbocycles. The van der Waals surface area contributed by atoms with E-state index >= 15 is 0 Å². The number of unbranched alkanes of at least 4 members (excludes halogenated alkanes) is 3. The van der Waals surface area contributed by atoms with Gasteiger partial charge in [-0.2, -0.15) is 0 Å². The molecule has 0 amide bonds. The van der Waals surface area contributed by atoms with Gasteiger partial charge in [0.1, 0.15) is 6.11 Å². The number of carbonyl (C=O) groups is 3. The molecule has 4 rings (SSSR count). The molecule has 1 aromatic heterocycles. The molecule has 13 heteroatoms. The number of ether oxygens (including phenoxy) is 3. The fourth-order valence-electron chi connectivity index (χ4n) is 7.88. The summed E-state index contributed by atoms with van der Waals surface area (Å²) in [5.41, 5.74) is 1.41. The van der Waals surface area contributed by atoms with E-state index in [-0.39, 0.29) is 37.3 Å². The summed E-state index contributed by atoms with van der Waals surface area (Å²) in [6.07, 6.45) is 11.5. The molecule has 11 nitrogen and oxygen atoms in total. The fraction of sp³-hybridized carbons (Fsp3) is 0.370. The zero-order valence-corrected chi connectivity index (χ0v) is 39.7. The Bertz CT molecular complexity index is 2940. The molecule has 0 saturated heterocycles. The highest BCUT2D eigenvalue weighted by Gasteiger charge is 2.35. The Balaban J connectivity index is 1.43. The van der Waals surface area contributed by atoms with Crippen molar-refractivity contribution in [1.82, 2.24) is 4.57 Å². The molecule has 6 atom stereocenters. The number of carbonyl (C=O) groups excluding carboxylic acids is 3. The van der Waals surface area contributed by atoms with Gasteiger partial charge in [-0.05, 0) is 116 Å². The SMILES string of the molecule is C#CC#CC#CC#CC#CC#COC(=O)C(CC(CC(CC)c1ccc(C(C)S(=O)(=S)OO)cc1)C(=O)OC)CC(CC)C(=O)OCCCCCCn1c(=C)c2cccc3cccc(c1=O)c32. The first kappa shape index (κ1) is 52.8. The first-order valence-corrected chi connectivity index (χ1v) is 24.4. The Morgan fingerprint density at radius 2 is 1.34 bits per heavy atom. The van der Waals surface area contributed by atoms with Crippen LogP contribution in [0.2, 0.25) is 0 Å². The van der Waals surface area contributed by atoms with Crippen LogP contribution in [-0.4, -0.2) is 45.7 Å². The summed E-state index contributed by atoms with van der Waals surface area (Å²) in [5.74, 6) is 19.7. The van der Waals surface area contributed by atoms with Crippen LogP contribution in [0.3, 0.4) is 0 Å². The molecular formula is C54H53NO10S2. The van der Waals surface area contributed by atoms with Crippen molar-refractivity contribution in [2.45, 2.75) is 96.3 Å². The van der Waals surface area contributed by atoms with Crippen LogP contribution >= 0.6 is 0 Å². The molecule has 67 heavy (non-hydrogen) atoms. The smallest absolute Gasteiger partial charge is 0.322 e. The first-order chi connectivity index (χ1) is 32.3. The number of rotatable bonds is 22. The summed E-state index contributed by atoms with van der Waals surface area (Å²) in [7, 11) is -2.14. The number of terminal acetylenes is 1. The molecular weight excluding hydrogens is 887 g/mol. The van der Waals surface area contributed by atoms with Crippen LogP contribution in [0.25, 0.3) is 28.1 Å². The molecule has 1 heterocycles. The number of benzene rings is 3. The van der Waals surface area contributed by atoms with Gasteiger partial charge in [0.25, 0.3) is 5.56 Å². The highest BCUT2D eigenvalue weighted by molar-refractivity contribution is 8.30. The molecule has 0 fully saturated rings. The Morgan fingerprint density at radius 1 is 0.761 bits per heavy atom. The van der Waals surface area contributed by atoms with Crippen molar-refractivity contribution in [2.24, 2.45) is 17.8 Å². The third-order valence-electron chi connectivity index (χ3n) is 11.6. The first-order valence-electron chi connectivity index (χ1n) is 21.9. The van der Waals surface area contributed by atoms with E-state index in [1.54, 1.807) is 23.6 Å². The maximum atomic E-state index is 13.7. The largest absolute Gasteiger partial charge is 0.469 e. The van der Waals surface area contributed by atoms with Gasteiger partial charge in [-0.1, -0.05) is 81.4 Å². The fourth-order valence-corrected chi connectivity index (χ4v) is 8.83. The van der Waals surface area contributed by atoms with E-state index < -0.39 is 49.7 Å². The van der Waals surface area contributed by atoms with E-state index in [1.807, 2.05) is 62.4 Å². The topological polar surface area (TPSA) is 147 Å². The lowest BCUT2D eigenvalue weighted by molar-refractivity contribution is -0.151. The minimum atomic E-state index is -3.41. The van der Waals surface area contributed by atoms with Crippen molar-refractivity contribution in [2.75, 3.05) is 13.7 Å². The highest BCUT2D eigenvalue weighted by atomic mass is 32.8. The normalized spacial score (nSPS) is 13.5. The van der Waals surface area contributed by atoms with E-state index in [9.17, 15) is 23.4 Å². The summed E-state index contributed by atoms with van der Waals surface area (Å²) in [5, 5.41) is 12.5. The molecule has 0 spiro atoms. The van der Waals surface area contributed by atoms with Gasteiger partial charge in [-0.15, -0.1) is 10.8 Å². The number of pyridine rings is 1. The summed E-state index contributed by atoms with van der Waals surface area (Å²) < 4.78 is 34.5. The lowest BCUT2D eigenvalue weighted by Crippen LogP contribution is -2.33. The quantitative estimate of drug-likeness (QED) is 0.0208. The molecule has 4 aromatic rings. The Hall–Kier alpha value is -6.81. The molecule has 346 valence electrons. The van der Waals surface area contributed by atoms with Crippen LogP contribution in [0.5, 0.6) is 0 Å². The number of hydrogen-bond acceptors (Lipinski definition) is 11. The average Bonchev–Trinajstić information content (AvgIpc) is 3.34. The Kier molecular flexibility index (Phi) is 21.3. The minimum Gasteiger partial charge on any atom is -0.469 e.